The third-order valence-corrected chi connectivity index (χ3v) is 6.30. The van der Waals surface area contributed by atoms with Crippen LogP contribution in [0.1, 0.15) is 29.2 Å². The van der Waals surface area contributed by atoms with Crippen LogP contribution in [0.25, 0.3) is 0 Å². The van der Waals surface area contributed by atoms with Crippen LogP contribution in [0.2, 0.25) is 0 Å². The minimum Gasteiger partial charge on any atom is -0.375 e. The van der Waals surface area contributed by atoms with E-state index in [4.69, 9.17) is 14.2 Å². The number of epoxide rings is 1. The highest BCUT2D eigenvalue weighted by Gasteiger charge is 2.52. The normalized spacial score (nSPS) is 25.5. The second-order valence-electron chi connectivity index (χ2n) is 7.80. The van der Waals surface area contributed by atoms with Crippen molar-refractivity contribution in [2.24, 2.45) is 0 Å². The van der Waals surface area contributed by atoms with Gasteiger partial charge in [0.15, 0.2) is 6.10 Å². The molecule has 0 aromatic heterocycles. The molecule has 0 spiro atoms. The fourth-order valence-electron chi connectivity index (χ4n) is 3.99. The number of ether oxygens (including phenoxy) is 3. The third kappa shape index (κ3) is 4.89. The third-order valence-electron chi connectivity index (χ3n) is 5.66. The molecule has 2 heterocycles. The Bertz CT molecular complexity index is 846. The fraction of sp³-hybridized carbons (Fsp3) is 0.458. The average Bonchev–Trinajstić information content (AvgIpc) is 3.46. The monoisotopic (exact) mass is 427 g/mol. The Morgan fingerprint density at radius 2 is 1.93 bits per heavy atom. The van der Waals surface area contributed by atoms with Crippen LogP contribution in [-0.4, -0.2) is 54.4 Å². The molecule has 5 nitrogen and oxygen atoms in total. The molecule has 4 atom stereocenters. The van der Waals surface area contributed by atoms with Crippen molar-refractivity contribution in [2.45, 2.75) is 44.4 Å². The van der Waals surface area contributed by atoms with Gasteiger partial charge in [0.25, 0.3) is 5.91 Å². The first kappa shape index (κ1) is 21.4. The van der Waals surface area contributed by atoms with E-state index in [2.05, 4.69) is 19.2 Å². The molecule has 2 fully saturated rings. The zero-order valence-electron chi connectivity index (χ0n) is 17.5. The molecule has 160 valence electrons. The van der Waals surface area contributed by atoms with Gasteiger partial charge in [-0.25, -0.2) is 0 Å². The first-order chi connectivity index (χ1) is 14.7. The molecule has 4 rings (SSSR count). The number of thioether (sulfide) groups is 1. The molecule has 0 saturated carbocycles. The van der Waals surface area contributed by atoms with E-state index >= 15 is 0 Å². The van der Waals surface area contributed by atoms with E-state index in [1.165, 1.54) is 0 Å². The highest BCUT2D eigenvalue weighted by Crippen LogP contribution is 2.42. The number of aryl methyl sites for hydroxylation is 1. The van der Waals surface area contributed by atoms with Crippen LogP contribution >= 0.6 is 11.8 Å². The molecule has 0 aliphatic carbocycles. The molecule has 0 unspecified atom stereocenters. The maximum Gasteiger partial charge on any atom is 0.257 e. The maximum atomic E-state index is 13.4. The Labute approximate surface area is 182 Å². The Morgan fingerprint density at radius 3 is 2.70 bits per heavy atom. The Balaban J connectivity index is 1.41. The van der Waals surface area contributed by atoms with Gasteiger partial charge >= 0.3 is 0 Å². The molecule has 2 aromatic rings. The van der Waals surface area contributed by atoms with E-state index in [-0.39, 0.29) is 24.3 Å². The Morgan fingerprint density at radius 1 is 1.17 bits per heavy atom. The molecule has 0 bridgehead atoms. The number of hydrogen-bond acceptors (Lipinski definition) is 5. The second kappa shape index (κ2) is 9.96. The van der Waals surface area contributed by atoms with Crippen molar-refractivity contribution in [1.29, 1.82) is 0 Å². The highest BCUT2D eigenvalue weighted by atomic mass is 32.2. The highest BCUT2D eigenvalue weighted by molar-refractivity contribution is 7.98. The molecule has 2 aromatic carbocycles. The van der Waals surface area contributed by atoms with Gasteiger partial charge in [0.1, 0.15) is 12.3 Å². The fourth-order valence-corrected chi connectivity index (χ4v) is 4.42. The first-order valence-electron chi connectivity index (χ1n) is 10.4. The zero-order valence-corrected chi connectivity index (χ0v) is 18.3. The van der Waals surface area contributed by atoms with Gasteiger partial charge in [0.2, 0.25) is 0 Å². The van der Waals surface area contributed by atoms with Crippen molar-refractivity contribution >= 4 is 17.7 Å². The van der Waals surface area contributed by atoms with Crippen molar-refractivity contribution in [2.75, 3.05) is 25.2 Å². The van der Waals surface area contributed by atoms with E-state index in [0.717, 1.165) is 28.9 Å². The summed E-state index contributed by atoms with van der Waals surface area (Å²) < 4.78 is 17.8. The standard InChI is InChI=1S/C24H29NO4S/c1-17-8-6-7-11-20(17)22-23(29-22)24(26)25-19(16-28-21(25)12-13-30-2)15-27-14-18-9-4-3-5-10-18/h3-11,19,21-23H,12-16H2,1-2H3/t19-,21+,22+,23-/m0/s1. The van der Waals surface area contributed by atoms with Crippen LogP contribution in [0, 0.1) is 6.92 Å². The zero-order chi connectivity index (χ0) is 20.9. The minimum atomic E-state index is -0.429. The number of nitrogens with zero attached hydrogens (tertiary/aromatic N) is 1. The van der Waals surface area contributed by atoms with Gasteiger partial charge in [-0.3, -0.25) is 4.79 Å². The maximum absolute atomic E-state index is 13.4. The summed E-state index contributed by atoms with van der Waals surface area (Å²) in [6.07, 6.45) is 2.08. The number of amides is 1. The number of hydrogen-bond donors (Lipinski definition) is 0. The molecular formula is C24H29NO4S. The second-order valence-corrected chi connectivity index (χ2v) is 8.79. The summed E-state index contributed by atoms with van der Waals surface area (Å²) in [6.45, 7) is 3.54. The summed E-state index contributed by atoms with van der Waals surface area (Å²) in [4.78, 5) is 15.3. The first-order valence-corrected chi connectivity index (χ1v) is 11.8. The minimum absolute atomic E-state index is 0.0140. The van der Waals surface area contributed by atoms with E-state index in [1.807, 2.05) is 53.4 Å². The van der Waals surface area contributed by atoms with Crippen molar-refractivity contribution in [3.8, 4) is 0 Å². The van der Waals surface area contributed by atoms with E-state index in [1.54, 1.807) is 11.8 Å². The lowest BCUT2D eigenvalue weighted by Crippen LogP contribution is -2.46. The summed E-state index contributed by atoms with van der Waals surface area (Å²) in [5, 5.41) is 0. The van der Waals surface area contributed by atoms with Crippen LogP contribution in [0.3, 0.4) is 0 Å². The Kier molecular flexibility index (Phi) is 7.10. The lowest BCUT2D eigenvalue weighted by Gasteiger charge is -2.27. The quantitative estimate of drug-likeness (QED) is 0.567. The molecule has 1 amide bonds. The number of benzene rings is 2. The smallest absolute Gasteiger partial charge is 0.257 e. The van der Waals surface area contributed by atoms with Crippen molar-refractivity contribution < 1.29 is 19.0 Å². The summed E-state index contributed by atoms with van der Waals surface area (Å²) in [5.41, 5.74) is 3.36. The van der Waals surface area contributed by atoms with Gasteiger partial charge in [-0.2, -0.15) is 11.8 Å². The van der Waals surface area contributed by atoms with Crippen molar-refractivity contribution in [3.63, 3.8) is 0 Å². The lowest BCUT2D eigenvalue weighted by atomic mass is 10.0. The van der Waals surface area contributed by atoms with E-state index in [0.29, 0.717) is 19.8 Å². The summed E-state index contributed by atoms with van der Waals surface area (Å²) >= 11 is 1.76. The summed E-state index contributed by atoms with van der Waals surface area (Å²) in [5.74, 6) is 0.957. The van der Waals surface area contributed by atoms with Gasteiger partial charge in [0, 0.05) is 6.42 Å². The topological polar surface area (TPSA) is 51.3 Å². The van der Waals surface area contributed by atoms with E-state index in [9.17, 15) is 4.79 Å². The van der Waals surface area contributed by atoms with Crippen LogP contribution in [-0.2, 0) is 25.6 Å². The summed E-state index contributed by atoms with van der Waals surface area (Å²) in [6, 6.07) is 18.1. The van der Waals surface area contributed by atoms with Crippen molar-refractivity contribution in [3.05, 3.63) is 71.3 Å². The van der Waals surface area contributed by atoms with Crippen LogP contribution < -0.4 is 0 Å². The average molecular weight is 428 g/mol. The Hall–Kier alpha value is -1.86. The SMILES string of the molecule is CSCC[C@H]1OC[C@H](COCc2ccccc2)N1C(=O)[C@H]1O[C@@H]1c1ccccc1C. The number of carbonyl (C=O) groups excluding carboxylic acids is 1. The number of carbonyl (C=O) groups is 1. The molecule has 2 saturated heterocycles. The lowest BCUT2D eigenvalue weighted by molar-refractivity contribution is -0.140. The predicted octanol–water partition coefficient (Wildman–Crippen LogP) is 3.96. The van der Waals surface area contributed by atoms with Crippen molar-refractivity contribution in [1.82, 2.24) is 4.90 Å². The molecule has 2 aliphatic rings. The van der Waals surface area contributed by atoms with E-state index < -0.39 is 6.10 Å². The molecule has 2 aliphatic heterocycles. The van der Waals surface area contributed by atoms with Gasteiger partial charge in [-0.1, -0.05) is 54.6 Å². The molecule has 0 radical (unpaired) electrons. The van der Waals surface area contributed by atoms with Crippen LogP contribution in [0.5, 0.6) is 0 Å². The largest absolute Gasteiger partial charge is 0.375 e. The summed E-state index contributed by atoms with van der Waals surface area (Å²) in [7, 11) is 0. The number of rotatable bonds is 9. The molecule has 30 heavy (non-hydrogen) atoms. The van der Waals surface area contributed by atoms with Crippen LogP contribution in [0.4, 0.5) is 0 Å². The molecular weight excluding hydrogens is 398 g/mol. The van der Waals surface area contributed by atoms with Gasteiger partial charge in [0.05, 0.1) is 25.9 Å². The van der Waals surface area contributed by atoms with Crippen LogP contribution in [0.15, 0.2) is 54.6 Å². The predicted molar refractivity (Wildman–Crippen MR) is 118 cm³/mol. The van der Waals surface area contributed by atoms with Gasteiger partial charge in [-0.05, 0) is 35.6 Å². The molecule has 0 N–H and O–H groups in total. The van der Waals surface area contributed by atoms with Gasteiger partial charge in [-0.15, -0.1) is 0 Å². The molecule has 6 heteroatoms. The van der Waals surface area contributed by atoms with Gasteiger partial charge < -0.3 is 19.1 Å².